The second kappa shape index (κ2) is 73.8. The van der Waals surface area contributed by atoms with Crippen LogP contribution in [0.3, 0.4) is 0 Å². The third-order valence-corrected chi connectivity index (χ3v) is 17.4. The third-order valence-electron chi connectivity index (χ3n) is 17.4. The predicted octanol–water partition coefficient (Wildman–Crippen LogP) is 13.7. The summed E-state index contributed by atoms with van der Waals surface area (Å²) in [5, 5.41) is 0. The summed E-state index contributed by atoms with van der Waals surface area (Å²) < 4.78 is 139. The highest BCUT2D eigenvalue weighted by molar-refractivity contribution is 6.12. The number of ketones is 2. The van der Waals surface area contributed by atoms with E-state index in [1.807, 2.05) is 18.2 Å². The molecule has 0 saturated carbocycles. The standard InChI is InChI=1S/C86H144N2O26/c1-7-10-13-16-19-22-29-109-81-68-73(69-82(110-30-23-20-17-14-11-8-2)85(81)113-31-24-21-18-15-12-9-3)75-25-27-77(87-75)79(89)72-80(90)78-28-26-76(88-78)74-70-83(111-65-62-106-59-56-103-53-50-100-47-44-97-41-38-94-35-32-91-4)86(114-67-64-108-61-58-105-55-52-102-49-46-99-43-40-96-37-34-93-6)84(71-74)112-66-63-107-60-57-104-54-51-101-48-45-98-42-39-95-36-33-92-5/h25-28,68-71,87-88H,7-24,29-67,72H2,1-6H3. The first-order valence-electron chi connectivity index (χ1n) is 42.1. The number of Topliss-reactive ketones (excluding diaryl/α,β-unsaturated/α-hetero) is 2. The lowest BCUT2D eigenvalue weighted by Crippen LogP contribution is -2.16. The first-order valence-corrected chi connectivity index (χ1v) is 42.1. The maximum atomic E-state index is 14.3. The van der Waals surface area contributed by atoms with Gasteiger partial charge in [-0.1, -0.05) is 117 Å². The van der Waals surface area contributed by atoms with Gasteiger partial charge in [-0.2, -0.15) is 0 Å². The quantitative estimate of drug-likeness (QED) is 0.0236. The van der Waals surface area contributed by atoms with Crippen LogP contribution in [0.2, 0.25) is 0 Å². The molecule has 0 bridgehead atoms. The average Bonchev–Trinajstić information content (AvgIpc) is 1.62. The molecule has 0 atom stereocenters. The first kappa shape index (κ1) is 101. The molecule has 0 unspecified atom stereocenters. The first-order chi connectivity index (χ1) is 56.4. The van der Waals surface area contributed by atoms with Gasteiger partial charge in [-0.15, -0.1) is 0 Å². The van der Waals surface area contributed by atoms with Crippen molar-refractivity contribution >= 4 is 11.6 Å². The number of nitrogens with one attached hydrogen (secondary N) is 2. The molecule has 0 spiro atoms. The molecule has 654 valence electrons. The van der Waals surface area contributed by atoms with Crippen LogP contribution < -0.4 is 28.4 Å². The van der Waals surface area contributed by atoms with Crippen molar-refractivity contribution in [3.63, 3.8) is 0 Å². The van der Waals surface area contributed by atoms with E-state index in [0.29, 0.717) is 269 Å². The van der Waals surface area contributed by atoms with Gasteiger partial charge < -0.3 is 124 Å². The van der Waals surface area contributed by atoms with Crippen molar-refractivity contribution in [3.8, 4) is 57.0 Å². The summed E-state index contributed by atoms with van der Waals surface area (Å²) in [6.07, 6.45) is 20.0. The van der Waals surface area contributed by atoms with Gasteiger partial charge in [-0.25, -0.2) is 0 Å². The van der Waals surface area contributed by atoms with Gasteiger partial charge in [-0.3, -0.25) is 9.59 Å². The zero-order chi connectivity index (χ0) is 81.1. The number of carbonyl (C=O) groups excluding carboxylic acids is 2. The van der Waals surface area contributed by atoms with Crippen LogP contribution in [0.5, 0.6) is 34.5 Å². The van der Waals surface area contributed by atoms with E-state index in [4.69, 9.17) is 114 Å². The van der Waals surface area contributed by atoms with Crippen molar-refractivity contribution in [1.29, 1.82) is 0 Å². The Labute approximate surface area is 680 Å². The van der Waals surface area contributed by atoms with Gasteiger partial charge in [0, 0.05) is 43.8 Å². The molecule has 0 aliphatic heterocycles. The molecular formula is C86H144N2O26. The van der Waals surface area contributed by atoms with E-state index >= 15 is 0 Å². The van der Waals surface area contributed by atoms with Crippen molar-refractivity contribution in [2.75, 3.05) is 279 Å². The minimum absolute atomic E-state index is 0.123. The number of aromatic amines is 2. The van der Waals surface area contributed by atoms with Crippen LogP contribution in [0.4, 0.5) is 0 Å². The molecule has 4 rings (SSSR count). The van der Waals surface area contributed by atoms with Crippen LogP contribution in [-0.4, -0.2) is 301 Å². The molecule has 2 aromatic carbocycles. The number of carbonyl (C=O) groups is 2. The number of benzene rings is 2. The lowest BCUT2D eigenvalue weighted by Gasteiger charge is -2.19. The van der Waals surface area contributed by atoms with Crippen molar-refractivity contribution in [1.82, 2.24) is 9.97 Å². The van der Waals surface area contributed by atoms with Gasteiger partial charge in [0.2, 0.25) is 11.5 Å². The Kier molecular flexibility index (Phi) is 65.2. The normalized spacial score (nSPS) is 11.5. The summed E-state index contributed by atoms with van der Waals surface area (Å²) in [4.78, 5) is 35.1. The Morgan fingerprint density at radius 3 is 0.693 bits per heavy atom. The van der Waals surface area contributed by atoms with Gasteiger partial charge in [0.25, 0.3) is 0 Å². The maximum Gasteiger partial charge on any atom is 0.203 e. The Morgan fingerprint density at radius 2 is 0.439 bits per heavy atom. The van der Waals surface area contributed by atoms with Gasteiger partial charge in [0.05, 0.1) is 256 Å². The van der Waals surface area contributed by atoms with Crippen molar-refractivity contribution in [2.24, 2.45) is 0 Å². The fourth-order valence-electron chi connectivity index (χ4n) is 11.1. The number of ether oxygens (including phenoxy) is 24. The smallest absolute Gasteiger partial charge is 0.203 e. The molecular weight excluding hydrogens is 1480 g/mol. The van der Waals surface area contributed by atoms with Crippen LogP contribution in [-0.2, 0) is 85.3 Å². The van der Waals surface area contributed by atoms with Crippen LogP contribution in [0.1, 0.15) is 164 Å². The largest absolute Gasteiger partial charge is 0.490 e. The highest BCUT2D eigenvalue weighted by Gasteiger charge is 2.23. The molecule has 28 nitrogen and oxygen atoms in total. The second-order valence-corrected chi connectivity index (χ2v) is 26.8. The summed E-state index contributed by atoms with van der Waals surface area (Å²) in [5.41, 5.74) is 3.14. The number of unbranched alkanes of at least 4 members (excludes halogenated alkanes) is 15. The van der Waals surface area contributed by atoms with Crippen LogP contribution in [0.15, 0.2) is 48.5 Å². The van der Waals surface area contributed by atoms with Crippen molar-refractivity contribution in [3.05, 3.63) is 59.9 Å². The summed E-state index contributed by atoms with van der Waals surface area (Å²) in [5.74, 6) is 2.04. The lowest BCUT2D eigenvalue weighted by molar-refractivity contribution is -0.0165. The van der Waals surface area contributed by atoms with Crippen molar-refractivity contribution in [2.45, 2.75) is 143 Å². The Bertz CT molecular complexity index is 2760. The summed E-state index contributed by atoms with van der Waals surface area (Å²) in [6.45, 7) is 22.5. The minimum Gasteiger partial charge on any atom is -0.490 e. The lowest BCUT2D eigenvalue weighted by atomic mass is 10.1. The Balaban J connectivity index is 1.50. The zero-order valence-corrected chi connectivity index (χ0v) is 70.2. The van der Waals surface area contributed by atoms with Gasteiger partial charge >= 0.3 is 0 Å². The fourth-order valence-corrected chi connectivity index (χ4v) is 11.1. The number of hydrogen-bond acceptors (Lipinski definition) is 26. The predicted molar refractivity (Wildman–Crippen MR) is 437 cm³/mol. The van der Waals surface area contributed by atoms with E-state index in [1.165, 1.54) is 64.2 Å². The molecule has 0 aliphatic carbocycles. The molecule has 0 radical (unpaired) electrons. The van der Waals surface area contributed by atoms with Gasteiger partial charge in [0.15, 0.2) is 34.6 Å². The average molecular weight is 1620 g/mol. The van der Waals surface area contributed by atoms with E-state index in [9.17, 15) is 9.59 Å². The molecule has 2 heterocycles. The number of aromatic nitrogens is 2. The van der Waals surface area contributed by atoms with E-state index in [-0.39, 0.29) is 56.8 Å². The molecule has 0 amide bonds. The van der Waals surface area contributed by atoms with Crippen LogP contribution in [0, 0.1) is 0 Å². The number of H-pyrrole nitrogens is 2. The number of methoxy groups -OCH3 is 3. The monoisotopic (exact) mass is 1620 g/mol. The topological polar surface area (TPSA) is 287 Å². The summed E-state index contributed by atoms with van der Waals surface area (Å²) in [6, 6.07) is 14.6. The molecule has 2 N–H and O–H groups in total. The molecule has 28 heteroatoms. The maximum absolute atomic E-state index is 14.3. The third kappa shape index (κ3) is 51.6. The van der Waals surface area contributed by atoms with Crippen LogP contribution >= 0.6 is 0 Å². The van der Waals surface area contributed by atoms with E-state index < -0.39 is 12.2 Å². The highest BCUT2D eigenvalue weighted by atomic mass is 16.6. The SMILES string of the molecule is CCCCCCCCOc1cc(-c2ccc(C(=O)CC(=O)c3ccc(-c4cc(OCCOCCOCCOCCOCCOCCOC)c(OCCOCCOCCOCCOCCOCCOC)c(OCCOCCOCCOCCOCCOCCOC)c4)[nH]3)[nH]2)cc(OCCCCCCCC)c1OCCCCCCCC. The van der Waals surface area contributed by atoms with Gasteiger partial charge in [0.1, 0.15) is 19.8 Å². The van der Waals surface area contributed by atoms with Crippen LogP contribution in [0.25, 0.3) is 22.5 Å². The molecule has 0 aliphatic rings. The second-order valence-electron chi connectivity index (χ2n) is 26.8. The molecule has 4 aromatic rings. The van der Waals surface area contributed by atoms with Crippen molar-refractivity contribution < 1.29 is 123 Å². The summed E-state index contributed by atoms with van der Waals surface area (Å²) in [7, 11) is 4.91. The highest BCUT2D eigenvalue weighted by Crippen LogP contribution is 2.44. The Hall–Kier alpha value is -5.58. The molecule has 114 heavy (non-hydrogen) atoms. The number of rotatable bonds is 87. The Morgan fingerprint density at radius 1 is 0.237 bits per heavy atom. The van der Waals surface area contributed by atoms with E-state index in [1.54, 1.807) is 51.7 Å². The molecule has 0 saturated heterocycles. The summed E-state index contributed by atoms with van der Waals surface area (Å²) >= 11 is 0. The fraction of sp³-hybridized carbons (Fsp3) is 0.744. The van der Waals surface area contributed by atoms with E-state index in [2.05, 4.69) is 30.7 Å². The molecule has 0 fully saturated rings. The number of hydrogen-bond donors (Lipinski definition) is 2. The van der Waals surface area contributed by atoms with Gasteiger partial charge in [-0.05, 0) is 67.8 Å². The molecule has 2 aromatic heterocycles. The zero-order valence-electron chi connectivity index (χ0n) is 70.2. The van der Waals surface area contributed by atoms with E-state index in [0.717, 1.165) is 56.9 Å². The minimum atomic E-state index is -0.408.